The van der Waals surface area contributed by atoms with E-state index in [9.17, 15) is 0 Å². The largest absolute Gasteiger partial charge is 0.376 e. The Labute approximate surface area is 69.9 Å². The van der Waals surface area contributed by atoms with Crippen LogP contribution in [0.2, 0.25) is 0 Å². The van der Waals surface area contributed by atoms with Crippen LogP contribution in [0, 0.1) is 0 Å². The molecule has 0 aromatic heterocycles. The summed E-state index contributed by atoms with van der Waals surface area (Å²) in [5.41, 5.74) is -0.162. The van der Waals surface area contributed by atoms with Gasteiger partial charge in [0.05, 0.1) is 11.7 Å². The van der Waals surface area contributed by atoms with Gasteiger partial charge in [-0.05, 0) is 34.6 Å². The average molecular weight is 160 g/mol. The van der Waals surface area contributed by atoms with E-state index >= 15 is 0 Å². The van der Waals surface area contributed by atoms with Gasteiger partial charge in [-0.1, -0.05) is 0 Å². The van der Waals surface area contributed by atoms with Gasteiger partial charge in [0, 0.05) is 13.2 Å². The Kier molecular flexibility index (Phi) is 4.69. The monoisotopic (exact) mass is 160 g/mol. The summed E-state index contributed by atoms with van der Waals surface area (Å²) in [6.07, 6.45) is 0.160. The Bertz CT molecular complexity index is 99.7. The average Bonchev–Trinajstić information content (AvgIpc) is 1.88. The first-order valence-electron chi connectivity index (χ1n) is 4.30. The molecular weight excluding hydrogens is 140 g/mol. The van der Waals surface area contributed by atoms with Gasteiger partial charge < -0.3 is 9.47 Å². The molecule has 0 radical (unpaired) electrons. The van der Waals surface area contributed by atoms with E-state index < -0.39 is 0 Å². The molecule has 0 spiro atoms. The summed E-state index contributed by atoms with van der Waals surface area (Å²) in [6.45, 7) is 11.6. The fraction of sp³-hybridized carbons (Fsp3) is 1.00. The second-order valence-electron chi connectivity index (χ2n) is 3.13. The third-order valence-electron chi connectivity index (χ3n) is 1.91. The van der Waals surface area contributed by atoms with Crippen LogP contribution in [0.25, 0.3) is 0 Å². The first-order valence-corrected chi connectivity index (χ1v) is 4.30. The standard InChI is InChI=1S/C9H20O2/c1-6-10-8(3)9(4,5)11-7-2/h8H,6-7H2,1-5H3. The molecule has 0 aromatic rings. The van der Waals surface area contributed by atoms with Gasteiger partial charge in [-0.25, -0.2) is 0 Å². The molecule has 2 nitrogen and oxygen atoms in total. The minimum atomic E-state index is -0.162. The van der Waals surface area contributed by atoms with Crippen LogP contribution in [-0.4, -0.2) is 24.9 Å². The first-order chi connectivity index (χ1) is 5.04. The van der Waals surface area contributed by atoms with Crippen molar-refractivity contribution < 1.29 is 9.47 Å². The van der Waals surface area contributed by atoms with E-state index in [4.69, 9.17) is 9.47 Å². The summed E-state index contributed by atoms with van der Waals surface area (Å²) in [5, 5.41) is 0. The van der Waals surface area contributed by atoms with Crippen LogP contribution >= 0.6 is 0 Å². The van der Waals surface area contributed by atoms with Crippen molar-refractivity contribution in [3.8, 4) is 0 Å². The van der Waals surface area contributed by atoms with E-state index in [1.54, 1.807) is 0 Å². The molecule has 0 aliphatic carbocycles. The van der Waals surface area contributed by atoms with Gasteiger partial charge in [0.2, 0.25) is 0 Å². The van der Waals surface area contributed by atoms with Crippen molar-refractivity contribution in [2.24, 2.45) is 0 Å². The molecule has 1 atom stereocenters. The highest BCUT2D eigenvalue weighted by molar-refractivity contribution is 4.76. The molecule has 0 aromatic carbocycles. The molecule has 0 N–H and O–H groups in total. The van der Waals surface area contributed by atoms with Crippen molar-refractivity contribution in [1.29, 1.82) is 0 Å². The van der Waals surface area contributed by atoms with Crippen LogP contribution in [0.3, 0.4) is 0 Å². The molecule has 0 aliphatic heterocycles. The molecule has 0 aliphatic rings. The van der Waals surface area contributed by atoms with E-state index in [1.165, 1.54) is 0 Å². The maximum atomic E-state index is 5.52. The maximum Gasteiger partial charge on any atom is 0.0884 e. The number of hydrogen-bond acceptors (Lipinski definition) is 2. The second-order valence-corrected chi connectivity index (χ2v) is 3.13. The van der Waals surface area contributed by atoms with Crippen molar-refractivity contribution in [3.05, 3.63) is 0 Å². The molecule has 1 unspecified atom stereocenters. The minimum Gasteiger partial charge on any atom is -0.376 e. The zero-order valence-electron chi connectivity index (χ0n) is 8.31. The van der Waals surface area contributed by atoms with Crippen LogP contribution in [0.4, 0.5) is 0 Å². The zero-order valence-corrected chi connectivity index (χ0v) is 8.31. The van der Waals surface area contributed by atoms with Crippen molar-refractivity contribution in [1.82, 2.24) is 0 Å². The number of hydrogen-bond donors (Lipinski definition) is 0. The summed E-state index contributed by atoms with van der Waals surface area (Å²) in [7, 11) is 0. The molecule has 0 amide bonds. The Morgan fingerprint density at radius 2 is 1.73 bits per heavy atom. The second kappa shape index (κ2) is 4.73. The lowest BCUT2D eigenvalue weighted by Gasteiger charge is -2.31. The summed E-state index contributed by atoms with van der Waals surface area (Å²) < 4.78 is 11.0. The summed E-state index contributed by atoms with van der Waals surface area (Å²) >= 11 is 0. The van der Waals surface area contributed by atoms with Crippen LogP contribution < -0.4 is 0 Å². The summed E-state index contributed by atoms with van der Waals surface area (Å²) in [4.78, 5) is 0. The lowest BCUT2D eigenvalue weighted by atomic mass is 10.0. The highest BCUT2D eigenvalue weighted by Crippen LogP contribution is 2.17. The normalized spacial score (nSPS) is 15.0. The van der Waals surface area contributed by atoms with Gasteiger partial charge in [-0.3, -0.25) is 0 Å². The lowest BCUT2D eigenvalue weighted by Crippen LogP contribution is -2.38. The highest BCUT2D eigenvalue weighted by atomic mass is 16.5. The first kappa shape index (κ1) is 10.9. The third kappa shape index (κ3) is 3.73. The van der Waals surface area contributed by atoms with Gasteiger partial charge in [0.15, 0.2) is 0 Å². The van der Waals surface area contributed by atoms with Crippen molar-refractivity contribution in [3.63, 3.8) is 0 Å². The fourth-order valence-corrected chi connectivity index (χ4v) is 0.940. The molecule has 68 valence electrons. The quantitative estimate of drug-likeness (QED) is 0.614. The van der Waals surface area contributed by atoms with E-state index in [0.717, 1.165) is 13.2 Å². The molecule has 0 saturated heterocycles. The Hall–Kier alpha value is -0.0800. The zero-order chi connectivity index (χ0) is 8.91. The van der Waals surface area contributed by atoms with E-state index in [2.05, 4.69) is 13.8 Å². The lowest BCUT2D eigenvalue weighted by molar-refractivity contribution is -0.114. The van der Waals surface area contributed by atoms with Gasteiger partial charge in [-0.15, -0.1) is 0 Å². The number of rotatable bonds is 5. The van der Waals surface area contributed by atoms with Crippen LogP contribution in [0.15, 0.2) is 0 Å². The minimum absolute atomic E-state index is 0.160. The van der Waals surface area contributed by atoms with E-state index in [-0.39, 0.29) is 11.7 Å². The van der Waals surface area contributed by atoms with Crippen LogP contribution in [0.1, 0.15) is 34.6 Å². The van der Waals surface area contributed by atoms with Crippen LogP contribution in [0.5, 0.6) is 0 Å². The van der Waals surface area contributed by atoms with Crippen LogP contribution in [-0.2, 0) is 9.47 Å². The van der Waals surface area contributed by atoms with E-state index in [0.29, 0.717) is 0 Å². The highest BCUT2D eigenvalue weighted by Gasteiger charge is 2.26. The SMILES string of the molecule is CCOC(C)C(C)(C)OCC. The van der Waals surface area contributed by atoms with Crippen molar-refractivity contribution in [2.75, 3.05) is 13.2 Å². The predicted octanol–water partition coefficient (Wildman–Crippen LogP) is 2.23. The molecule has 0 saturated carbocycles. The molecule has 0 bridgehead atoms. The summed E-state index contributed by atoms with van der Waals surface area (Å²) in [5.74, 6) is 0. The predicted molar refractivity (Wildman–Crippen MR) is 46.8 cm³/mol. The number of ether oxygens (including phenoxy) is 2. The summed E-state index contributed by atoms with van der Waals surface area (Å²) in [6, 6.07) is 0. The Morgan fingerprint density at radius 3 is 2.09 bits per heavy atom. The van der Waals surface area contributed by atoms with Crippen molar-refractivity contribution in [2.45, 2.75) is 46.3 Å². The van der Waals surface area contributed by atoms with Gasteiger partial charge in [-0.2, -0.15) is 0 Å². The molecule has 0 rings (SSSR count). The van der Waals surface area contributed by atoms with Gasteiger partial charge in [0.1, 0.15) is 0 Å². The molecule has 11 heavy (non-hydrogen) atoms. The molecule has 0 fully saturated rings. The third-order valence-corrected chi connectivity index (χ3v) is 1.91. The topological polar surface area (TPSA) is 18.5 Å². The van der Waals surface area contributed by atoms with Crippen molar-refractivity contribution >= 4 is 0 Å². The Morgan fingerprint density at radius 1 is 1.18 bits per heavy atom. The fourth-order valence-electron chi connectivity index (χ4n) is 0.940. The van der Waals surface area contributed by atoms with Gasteiger partial charge in [0.25, 0.3) is 0 Å². The Balaban J connectivity index is 3.83. The van der Waals surface area contributed by atoms with Gasteiger partial charge >= 0.3 is 0 Å². The smallest absolute Gasteiger partial charge is 0.0884 e. The van der Waals surface area contributed by atoms with E-state index in [1.807, 2.05) is 20.8 Å². The molecule has 2 heteroatoms. The molecule has 0 heterocycles. The molecular formula is C9H20O2. The maximum absolute atomic E-state index is 5.52.